The fraction of sp³-hybridized carbons (Fsp3) is 0.818. The molecule has 0 aliphatic rings. The lowest BCUT2D eigenvalue weighted by molar-refractivity contribution is -0.121. The molecule has 2 amide bonds. The summed E-state index contributed by atoms with van der Waals surface area (Å²) in [6.07, 6.45) is 0.978. The van der Waals surface area contributed by atoms with E-state index in [0.717, 1.165) is 0 Å². The summed E-state index contributed by atoms with van der Waals surface area (Å²) in [6, 6.07) is 0. The van der Waals surface area contributed by atoms with Crippen LogP contribution in [0.2, 0.25) is 0 Å². The third-order valence-corrected chi connectivity index (χ3v) is 2.24. The van der Waals surface area contributed by atoms with Gasteiger partial charge in [-0.1, -0.05) is 0 Å². The van der Waals surface area contributed by atoms with Crippen molar-refractivity contribution in [3.05, 3.63) is 0 Å². The van der Waals surface area contributed by atoms with Crippen LogP contribution in [0.4, 0.5) is 4.79 Å². The minimum atomic E-state index is -0.863. The number of carbonyl (C=O) groups excluding carboxylic acids is 2. The van der Waals surface area contributed by atoms with Crippen LogP contribution in [0, 0.1) is 0 Å². The number of nitrogens with two attached hydrogens (primary N) is 1. The lowest BCUT2D eigenvalue weighted by atomic mass is 10.2. The van der Waals surface area contributed by atoms with Gasteiger partial charge in [-0.15, -0.1) is 0 Å². The Labute approximate surface area is 116 Å². The number of ether oxygens (including phenoxy) is 1. The van der Waals surface area contributed by atoms with Gasteiger partial charge in [0.1, 0.15) is 5.60 Å². The summed E-state index contributed by atoms with van der Waals surface area (Å²) < 4.78 is 15.1. The second-order valence-electron chi connectivity index (χ2n) is 4.63. The van der Waals surface area contributed by atoms with Crippen LogP contribution in [-0.4, -0.2) is 52.1 Å². The SMILES string of the molecule is CC(C)(C)OC(N)=O.CS(=O)CCNC(=O)CCO. The predicted octanol–water partition coefficient (Wildman–Crippen LogP) is -0.256. The van der Waals surface area contributed by atoms with Gasteiger partial charge in [0.25, 0.3) is 0 Å². The number of amides is 2. The van der Waals surface area contributed by atoms with Gasteiger partial charge in [0.2, 0.25) is 5.91 Å². The first-order valence-electron chi connectivity index (χ1n) is 5.74. The number of primary amides is 1. The van der Waals surface area contributed by atoms with E-state index < -0.39 is 22.5 Å². The third-order valence-electron chi connectivity index (χ3n) is 1.46. The van der Waals surface area contributed by atoms with Gasteiger partial charge in [-0.05, 0) is 20.8 Å². The van der Waals surface area contributed by atoms with Gasteiger partial charge in [-0.3, -0.25) is 9.00 Å². The van der Waals surface area contributed by atoms with Gasteiger partial charge in [-0.25, -0.2) is 4.79 Å². The van der Waals surface area contributed by atoms with Crippen LogP contribution in [0.15, 0.2) is 0 Å². The number of carbonyl (C=O) groups is 2. The Balaban J connectivity index is 0. The summed E-state index contributed by atoms with van der Waals surface area (Å²) in [5.41, 5.74) is 4.26. The summed E-state index contributed by atoms with van der Waals surface area (Å²) in [5.74, 6) is 0.273. The molecule has 0 aliphatic carbocycles. The molecular weight excluding hydrogens is 272 g/mol. The molecule has 0 saturated carbocycles. The molecule has 0 aliphatic heterocycles. The zero-order chi connectivity index (χ0) is 15.5. The van der Waals surface area contributed by atoms with Crippen molar-refractivity contribution < 1.29 is 23.6 Å². The second kappa shape index (κ2) is 10.7. The van der Waals surface area contributed by atoms with E-state index in [-0.39, 0.29) is 18.9 Å². The molecule has 0 bridgehead atoms. The van der Waals surface area contributed by atoms with E-state index in [9.17, 15) is 13.8 Å². The first kappa shape index (κ1) is 20.2. The topological polar surface area (TPSA) is 119 Å². The minimum Gasteiger partial charge on any atom is -0.444 e. The Morgan fingerprint density at radius 1 is 1.37 bits per heavy atom. The van der Waals surface area contributed by atoms with Crippen molar-refractivity contribution in [1.29, 1.82) is 0 Å². The predicted molar refractivity (Wildman–Crippen MR) is 74.1 cm³/mol. The highest BCUT2D eigenvalue weighted by Crippen LogP contribution is 2.04. The van der Waals surface area contributed by atoms with Crippen molar-refractivity contribution in [1.82, 2.24) is 5.32 Å². The maximum Gasteiger partial charge on any atom is 0.405 e. The lowest BCUT2D eigenvalue weighted by Gasteiger charge is -2.16. The normalized spacial score (nSPS) is 11.8. The highest BCUT2D eigenvalue weighted by atomic mass is 32.2. The summed E-state index contributed by atoms with van der Waals surface area (Å²) in [7, 11) is -0.863. The first-order chi connectivity index (χ1) is 8.58. The van der Waals surface area contributed by atoms with Gasteiger partial charge in [0.05, 0.1) is 6.61 Å². The molecule has 0 aromatic rings. The van der Waals surface area contributed by atoms with Gasteiger partial charge >= 0.3 is 6.09 Å². The molecule has 0 saturated heterocycles. The quantitative estimate of drug-likeness (QED) is 0.646. The van der Waals surface area contributed by atoms with Crippen LogP contribution >= 0.6 is 0 Å². The highest BCUT2D eigenvalue weighted by molar-refractivity contribution is 7.84. The van der Waals surface area contributed by atoms with E-state index in [4.69, 9.17) is 10.8 Å². The van der Waals surface area contributed by atoms with Crippen molar-refractivity contribution in [3.8, 4) is 0 Å². The van der Waals surface area contributed by atoms with Crippen molar-refractivity contribution >= 4 is 22.8 Å². The van der Waals surface area contributed by atoms with E-state index in [0.29, 0.717) is 12.3 Å². The lowest BCUT2D eigenvalue weighted by Crippen LogP contribution is -2.27. The molecule has 0 radical (unpaired) electrons. The number of hydrogen-bond acceptors (Lipinski definition) is 5. The van der Waals surface area contributed by atoms with Gasteiger partial charge < -0.3 is 20.9 Å². The molecular formula is C11H24N2O5S. The van der Waals surface area contributed by atoms with E-state index in [2.05, 4.69) is 10.1 Å². The number of hydrogen-bond donors (Lipinski definition) is 3. The molecule has 114 valence electrons. The molecule has 0 spiro atoms. The molecule has 0 aromatic heterocycles. The summed E-state index contributed by atoms with van der Waals surface area (Å²) in [4.78, 5) is 20.7. The van der Waals surface area contributed by atoms with Crippen LogP contribution in [0.1, 0.15) is 27.2 Å². The smallest absolute Gasteiger partial charge is 0.405 e. The Morgan fingerprint density at radius 2 is 1.89 bits per heavy atom. The Bertz CT molecular complexity index is 302. The third kappa shape index (κ3) is 22.5. The second-order valence-corrected chi connectivity index (χ2v) is 6.19. The number of aliphatic hydroxyl groups is 1. The molecule has 1 unspecified atom stereocenters. The van der Waals surface area contributed by atoms with E-state index in [1.54, 1.807) is 27.0 Å². The number of nitrogens with one attached hydrogen (secondary N) is 1. The molecule has 0 heterocycles. The monoisotopic (exact) mass is 296 g/mol. The van der Waals surface area contributed by atoms with E-state index in [1.807, 2.05) is 0 Å². The fourth-order valence-electron chi connectivity index (χ4n) is 0.826. The van der Waals surface area contributed by atoms with Crippen molar-refractivity contribution in [2.24, 2.45) is 5.73 Å². The Morgan fingerprint density at radius 3 is 2.16 bits per heavy atom. The van der Waals surface area contributed by atoms with Gasteiger partial charge in [-0.2, -0.15) is 0 Å². The van der Waals surface area contributed by atoms with Crippen molar-refractivity contribution in [2.45, 2.75) is 32.8 Å². The number of rotatable bonds is 5. The highest BCUT2D eigenvalue weighted by Gasteiger charge is 2.12. The molecule has 0 aromatic carbocycles. The van der Waals surface area contributed by atoms with Crippen molar-refractivity contribution in [3.63, 3.8) is 0 Å². The van der Waals surface area contributed by atoms with Gasteiger partial charge in [0.15, 0.2) is 0 Å². The average molecular weight is 296 g/mol. The Hall–Kier alpha value is -1.15. The molecule has 0 rings (SSSR count). The Kier molecular flexibility index (Phi) is 11.4. The van der Waals surface area contributed by atoms with Crippen LogP contribution in [0.25, 0.3) is 0 Å². The van der Waals surface area contributed by atoms with Crippen molar-refractivity contribution in [2.75, 3.05) is 25.2 Å². The number of aliphatic hydroxyl groups excluding tert-OH is 1. The van der Waals surface area contributed by atoms with Crippen LogP contribution in [-0.2, 0) is 20.3 Å². The van der Waals surface area contributed by atoms with E-state index >= 15 is 0 Å². The zero-order valence-electron chi connectivity index (χ0n) is 11.9. The molecule has 4 N–H and O–H groups in total. The minimum absolute atomic E-state index is 0.121. The molecule has 7 nitrogen and oxygen atoms in total. The van der Waals surface area contributed by atoms with E-state index in [1.165, 1.54) is 0 Å². The maximum absolute atomic E-state index is 10.7. The van der Waals surface area contributed by atoms with Gasteiger partial charge in [0, 0.05) is 35.8 Å². The summed E-state index contributed by atoms with van der Waals surface area (Å²) in [6.45, 7) is 5.57. The standard InChI is InChI=1S/C6H13NO3S.C5H11NO2/c1-11(10)5-3-7-6(9)2-4-8;1-5(2,3)8-4(6)7/h8H,2-5H2,1H3,(H,7,9);1-3H3,(H2,6,7). The molecule has 0 fully saturated rings. The average Bonchev–Trinajstić information content (AvgIpc) is 2.13. The van der Waals surface area contributed by atoms with Crippen LogP contribution in [0.3, 0.4) is 0 Å². The molecule has 19 heavy (non-hydrogen) atoms. The molecule has 1 atom stereocenters. The fourth-order valence-corrected chi connectivity index (χ4v) is 1.22. The molecule has 8 heteroatoms. The van der Waals surface area contributed by atoms with Crippen LogP contribution in [0.5, 0.6) is 0 Å². The summed E-state index contributed by atoms with van der Waals surface area (Å²) >= 11 is 0. The first-order valence-corrected chi connectivity index (χ1v) is 7.47. The summed E-state index contributed by atoms with van der Waals surface area (Å²) in [5, 5.41) is 10.8. The maximum atomic E-state index is 10.7. The zero-order valence-corrected chi connectivity index (χ0v) is 12.7. The van der Waals surface area contributed by atoms with Crippen LogP contribution < -0.4 is 11.1 Å². The largest absolute Gasteiger partial charge is 0.444 e.